The molecule has 1 aliphatic rings. The van der Waals surface area contributed by atoms with E-state index in [2.05, 4.69) is 47.6 Å². The topological polar surface area (TPSA) is 24.9 Å². The third-order valence-corrected chi connectivity index (χ3v) is 3.30. The Hall–Kier alpha value is -1.57. The molecule has 1 aliphatic carbocycles. The van der Waals surface area contributed by atoms with E-state index >= 15 is 0 Å². The number of benzene rings is 1. The summed E-state index contributed by atoms with van der Waals surface area (Å²) in [6.07, 6.45) is 3.92. The van der Waals surface area contributed by atoms with Gasteiger partial charge in [-0.3, -0.25) is 0 Å². The Morgan fingerprint density at radius 3 is 2.81 bits per heavy atom. The first-order valence-corrected chi connectivity index (χ1v) is 5.95. The number of anilines is 1. The van der Waals surface area contributed by atoms with Crippen molar-refractivity contribution in [1.29, 1.82) is 0 Å². The number of hydrogen-bond donors (Lipinski definition) is 1. The summed E-state index contributed by atoms with van der Waals surface area (Å²) < 4.78 is 0. The number of aryl methyl sites for hydroxylation is 1. The highest BCUT2D eigenvalue weighted by atomic mass is 15.0. The van der Waals surface area contributed by atoms with E-state index < -0.39 is 0 Å². The maximum Gasteiger partial charge on any atom is 0.126 e. The van der Waals surface area contributed by atoms with Gasteiger partial charge in [-0.15, -0.1) is 0 Å². The normalized spacial score (nSPS) is 16.1. The molecule has 1 saturated carbocycles. The molecule has 1 N–H and O–H groups in total. The quantitative estimate of drug-likeness (QED) is 0.824. The van der Waals surface area contributed by atoms with Crippen LogP contribution in [0.4, 0.5) is 5.82 Å². The van der Waals surface area contributed by atoms with Crippen LogP contribution in [0.25, 0.3) is 10.9 Å². The van der Waals surface area contributed by atoms with Crippen molar-refractivity contribution >= 4 is 16.7 Å². The molecule has 1 aromatic carbocycles. The molecule has 0 unspecified atom stereocenters. The Balaban J connectivity index is 1.92. The van der Waals surface area contributed by atoms with E-state index in [4.69, 9.17) is 0 Å². The Bertz CT molecular complexity index is 515. The average Bonchev–Trinajstić information content (AvgIpc) is 2.23. The minimum atomic E-state index is 0.649. The summed E-state index contributed by atoms with van der Waals surface area (Å²) in [7, 11) is 0. The maximum absolute atomic E-state index is 4.63. The fraction of sp³-hybridized carbons (Fsp3) is 0.357. The number of aromatic nitrogens is 1. The zero-order valence-electron chi connectivity index (χ0n) is 9.53. The van der Waals surface area contributed by atoms with Crippen molar-refractivity contribution in [2.24, 2.45) is 0 Å². The van der Waals surface area contributed by atoms with Crippen molar-refractivity contribution in [2.75, 3.05) is 5.32 Å². The molecule has 1 fully saturated rings. The standard InChI is InChI=1S/C14H16N2/c1-10-5-7-13-11(9-10)6-8-14(16-13)15-12-3-2-4-12/h5-9,12H,2-4H2,1H3,(H,15,16). The van der Waals surface area contributed by atoms with Crippen LogP contribution in [-0.2, 0) is 0 Å². The van der Waals surface area contributed by atoms with Crippen LogP contribution < -0.4 is 5.32 Å². The molecule has 0 saturated heterocycles. The predicted octanol–water partition coefficient (Wildman–Crippen LogP) is 3.51. The minimum absolute atomic E-state index is 0.649. The van der Waals surface area contributed by atoms with Gasteiger partial charge in [0.2, 0.25) is 0 Å². The van der Waals surface area contributed by atoms with Crippen LogP contribution in [0.2, 0.25) is 0 Å². The zero-order chi connectivity index (χ0) is 11.0. The highest BCUT2D eigenvalue weighted by Crippen LogP contribution is 2.23. The van der Waals surface area contributed by atoms with E-state index in [9.17, 15) is 0 Å². The first kappa shape index (κ1) is 9.64. The summed E-state index contributed by atoms with van der Waals surface area (Å²) in [5.41, 5.74) is 2.36. The van der Waals surface area contributed by atoms with Crippen molar-refractivity contribution in [2.45, 2.75) is 32.2 Å². The van der Waals surface area contributed by atoms with Gasteiger partial charge in [0, 0.05) is 11.4 Å². The average molecular weight is 212 g/mol. The Morgan fingerprint density at radius 2 is 2.06 bits per heavy atom. The molecular weight excluding hydrogens is 196 g/mol. The van der Waals surface area contributed by atoms with Crippen LogP contribution in [0, 0.1) is 6.92 Å². The summed E-state index contributed by atoms with van der Waals surface area (Å²) >= 11 is 0. The molecule has 82 valence electrons. The maximum atomic E-state index is 4.63. The molecule has 3 rings (SSSR count). The fourth-order valence-electron chi connectivity index (χ4n) is 2.09. The summed E-state index contributed by atoms with van der Waals surface area (Å²) in [4.78, 5) is 4.63. The second-order valence-corrected chi connectivity index (χ2v) is 4.66. The first-order valence-electron chi connectivity index (χ1n) is 5.95. The number of nitrogens with zero attached hydrogens (tertiary/aromatic N) is 1. The molecule has 0 aliphatic heterocycles. The number of pyridine rings is 1. The zero-order valence-corrected chi connectivity index (χ0v) is 9.53. The molecule has 0 bridgehead atoms. The number of hydrogen-bond acceptors (Lipinski definition) is 2. The van der Waals surface area contributed by atoms with Crippen molar-refractivity contribution in [3.63, 3.8) is 0 Å². The molecular formula is C14H16N2. The van der Waals surface area contributed by atoms with E-state index in [1.165, 1.54) is 30.2 Å². The van der Waals surface area contributed by atoms with Gasteiger partial charge in [-0.05, 0) is 50.5 Å². The highest BCUT2D eigenvalue weighted by molar-refractivity contribution is 5.80. The van der Waals surface area contributed by atoms with Gasteiger partial charge >= 0.3 is 0 Å². The van der Waals surface area contributed by atoms with Gasteiger partial charge in [0.25, 0.3) is 0 Å². The van der Waals surface area contributed by atoms with Crippen LogP contribution in [0.1, 0.15) is 24.8 Å². The van der Waals surface area contributed by atoms with Crippen LogP contribution in [0.5, 0.6) is 0 Å². The predicted molar refractivity (Wildman–Crippen MR) is 67.7 cm³/mol. The molecule has 0 amide bonds. The van der Waals surface area contributed by atoms with Crippen molar-refractivity contribution in [3.05, 3.63) is 35.9 Å². The second kappa shape index (κ2) is 3.78. The number of fused-ring (bicyclic) bond motifs is 1. The third-order valence-electron chi connectivity index (χ3n) is 3.30. The summed E-state index contributed by atoms with van der Waals surface area (Å²) in [5, 5.41) is 4.70. The van der Waals surface area contributed by atoms with Gasteiger partial charge in [-0.1, -0.05) is 11.6 Å². The number of nitrogens with one attached hydrogen (secondary N) is 1. The van der Waals surface area contributed by atoms with E-state index in [0.717, 1.165) is 11.3 Å². The van der Waals surface area contributed by atoms with Gasteiger partial charge in [0.15, 0.2) is 0 Å². The Morgan fingerprint density at radius 1 is 1.19 bits per heavy atom. The van der Waals surface area contributed by atoms with E-state index in [1.807, 2.05) is 0 Å². The van der Waals surface area contributed by atoms with Crippen molar-refractivity contribution < 1.29 is 0 Å². The van der Waals surface area contributed by atoms with Crippen molar-refractivity contribution in [3.8, 4) is 0 Å². The monoisotopic (exact) mass is 212 g/mol. The lowest BCUT2D eigenvalue weighted by Gasteiger charge is -2.26. The Labute approximate surface area is 95.7 Å². The lowest BCUT2D eigenvalue weighted by atomic mass is 9.93. The SMILES string of the molecule is Cc1ccc2nc(NC3CCC3)ccc2c1. The molecule has 0 spiro atoms. The molecule has 2 aromatic rings. The molecule has 16 heavy (non-hydrogen) atoms. The molecule has 0 radical (unpaired) electrons. The van der Waals surface area contributed by atoms with E-state index in [0.29, 0.717) is 6.04 Å². The van der Waals surface area contributed by atoms with E-state index in [1.54, 1.807) is 0 Å². The Kier molecular flexibility index (Phi) is 2.28. The largest absolute Gasteiger partial charge is 0.367 e. The van der Waals surface area contributed by atoms with Gasteiger partial charge in [-0.25, -0.2) is 4.98 Å². The van der Waals surface area contributed by atoms with Crippen LogP contribution in [0.15, 0.2) is 30.3 Å². The lowest BCUT2D eigenvalue weighted by Crippen LogP contribution is -2.27. The molecule has 2 nitrogen and oxygen atoms in total. The summed E-state index contributed by atoms with van der Waals surface area (Å²) in [5.74, 6) is 1.01. The van der Waals surface area contributed by atoms with Gasteiger partial charge < -0.3 is 5.32 Å². The van der Waals surface area contributed by atoms with E-state index in [-0.39, 0.29) is 0 Å². The lowest BCUT2D eigenvalue weighted by molar-refractivity contribution is 0.444. The van der Waals surface area contributed by atoms with Gasteiger partial charge in [0.1, 0.15) is 5.82 Å². The highest BCUT2D eigenvalue weighted by Gasteiger charge is 2.17. The second-order valence-electron chi connectivity index (χ2n) is 4.66. The summed E-state index contributed by atoms with van der Waals surface area (Å²) in [6, 6.07) is 11.3. The smallest absolute Gasteiger partial charge is 0.126 e. The third kappa shape index (κ3) is 1.75. The minimum Gasteiger partial charge on any atom is -0.367 e. The van der Waals surface area contributed by atoms with Crippen LogP contribution in [-0.4, -0.2) is 11.0 Å². The molecule has 1 aromatic heterocycles. The molecule has 0 atom stereocenters. The first-order chi connectivity index (χ1) is 7.81. The fourth-order valence-corrected chi connectivity index (χ4v) is 2.09. The van der Waals surface area contributed by atoms with Gasteiger partial charge in [0.05, 0.1) is 5.52 Å². The number of rotatable bonds is 2. The van der Waals surface area contributed by atoms with Crippen LogP contribution >= 0.6 is 0 Å². The summed E-state index contributed by atoms with van der Waals surface area (Å²) in [6.45, 7) is 2.11. The van der Waals surface area contributed by atoms with Crippen molar-refractivity contribution in [1.82, 2.24) is 4.98 Å². The van der Waals surface area contributed by atoms with Gasteiger partial charge in [-0.2, -0.15) is 0 Å². The molecule has 2 heteroatoms. The van der Waals surface area contributed by atoms with Crippen LogP contribution in [0.3, 0.4) is 0 Å². The molecule has 1 heterocycles.